The minimum Gasteiger partial charge on any atom is -0.388 e. The lowest BCUT2D eigenvalue weighted by atomic mass is 9.66. The average molecular weight is 441 g/mol. The van der Waals surface area contributed by atoms with Gasteiger partial charge in [0.2, 0.25) is 11.8 Å². The van der Waals surface area contributed by atoms with Crippen molar-refractivity contribution in [1.29, 1.82) is 0 Å². The average Bonchev–Trinajstić information content (AvgIpc) is 3.46. The van der Waals surface area contributed by atoms with Crippen LogP contribution in [0.3, 0.4) is 0 Å². The molecular weight excluding hydrogens is 392 g/mol. The molecule has 1 aliphatic rings. The Morgan fingerprint density at radius 2 is 1.10 bits per heavy atom. The molecule has 2 unspecified atom stereocenters. The van der Waals surface area contributed by atoms with E-state index < -0.39 is 45.4 Å². The standard InChI is InChI=1S/C25H48N2O4/c1-11-24(30,12-2)17(21(5,6)7)27(20(29)23(15-16-23)19(26)28)18(22(8,9)10)25(31,13-3)14-4/h17-18,30-31H,11-16H2,1-10H3,(H2,26,28). The van der Waals surface area contributed by atoms with Gasteiger partial charge >= 0.3 is 0 Å². The Kier molecular flexibility index (Phi) is 8.11. The number of carbonyl (C=O) groups excluding carboxylic acids is 2. The van der Waals surface area contributed by atoms with Crippen molar-refractivity contribution in [3.8, 4) is 0 Å². The van der Waals surface area contributed by atoms with Crippen molar-refractivity contribution < 1.29 is 19.8 Å². The largest absolute Gasteiger partial charge is 0.388 e. The van der Waals surface area contributed by atoms with Crippen LogP contribution in [0.1, 0.15) is 108 Å². The van der Waals surface area contributed by atoms with Crippen LogP contribution in [0.15, 0.2) is 0 Å². The van der Waals surface area contributed by atoms with Gasteiger partial charge in [0, 0.05) is 0 Å². The van der Waals surface area contributed by atoms with Crippen LogP contribution in [-0.4, -0.2) is 50.2 Å². The van der Waals surface area contributed by atoms with Gasteiger partial charge in [-0.25, -0.2) is 0 Å². The highest BCUT2D eigenvalue weighted by molar-refractivity contribution is 6.07. The third kappa shape index (κ3) is 5.11. The Bertz CT molecular complexity index is 611. The molecule has 4 N–H and O–H groups in total. The number of nitrogens with zero attached hydrogens (tertiary/aromatic N) is 1. The second kappa shape index (κ2) is 9.01. The van der Waals surface area contributed by atoms with Crippen LogP contribution in [0.25, 0.3) is 0 Å². The molecule has 182 valence electrons. The highest BCUT2D eigenvalue weighted by Crippen LogP contribution is 2.52. The molecule has 0 aromatic carbocycles. The van der Waals surface area contributed by atoms with Gasteiger partial charge in [-0.2, -0.15) is 0 Å². The molecule has 0 aromatic rings. The summed E-state index contributed by atoms with van der Waals surface area (Å²) in [5, 5.41) is 23.6. The molecule has 6 nitrogen and oxygen atoms in total. The summed E-state index contributed by atoms with van der Waals surface area (Å²) in [6, 6.07) is -1.21. The minimum absolute atomic E-state index is 0.347. The second-order valence-electron chi connectivity index (χ2n) is 11.8. The topological polar surface area (TPSA) is 104 Å². The highest BCUT2D eigenvalue weighted by atomic mass is 16.3. The van der Waals surface area contributed by atoms with Gasteiger partial charge in [-0.05, 0) is 49.4 Å². The van der Waals surface area contributed by atoms with Crippen molar-refractivity contribution in [2.45, 2.75) is 131 Å². The quantitative estimate of drug-likeness (QED) is 0.446. The summed E-state index contributed by atoms with van der Waals surface area (Å²) in [6.07, 6.45) is 2.63. The Balaban J connectivity index is 3.98. The van der Waals surface area contributed by atoms with Crippen molar-refractivity contribution in [2.75, 3.05) is 0 Å². The molecule has 2 amide bonds. The monoisotopic (exact) mass is 440 g/mol. The summed E-state index contributed by atoms with van der Waals surface area (Å²) < 4.78 is 0. The normalized spacial score (nSPS) is 19.0. The Morgan fingerprint density at radius 1 is 0.806 bits per heavy atom. The number of primary amides is 1. The maximum Gasteiger partial charge on any atom is 0.238 e. The summed E-state index contributed by atoms with van der Waals surface area (Å²) in [5.41, 5.74) is 1.13. The van der Waals surface area contributed by atoms with Crippen molar-refractivity contribution in [1.82, 2.24) is 4.90 Å². The van der Waals surface area contributed by atoms with Gasteiger partial charge in [0.15, 0.2) is 0 Å². The lowest BCUT2D eigenvalue weighted by Gasteiger charge is -2.58. The van der Waals surface area contributed by atoms with E-state index in [4.69, 9.17) is 5.73 Å². The van der Waals surface area contributed by atoms with E-state index >= 15 is 0 Å². The van der Waals surface area contributed by atoms with Gasteiger partial charge in [-0.1, -0.05) is 69.2 Å². The van der Waals surface area contributed by atoms with Crippen molar-refractivity contribution in [2.24, 2.45) is 22.0 Å². The minimum atomic E-state index is -1.24. The van der Waals surface area contributed by atoms with Crippen LogP contribution >= 0.6 is 0 Å². The van der Waals surface area contributed by atoms with E-state index in [1.807, 2.05) is 69.2 Å². The van der Waals surface area contributed by atoms with Gasteiger partial charge in [0.1, 0.15) is 5.41 Å². The van der Waals surface area contributed by atoms with Gasteiger partial charge in [0.05, 0.1) is 23.3 Å². The van der Waals surface area contributed by atoms with Gasteiger partial charge in [-0.3, -0.25) is 9.59 Å². The molecule has 0 aliphatic heterocycles. The fraction of sp³-hybridized carbons (Fsp3) is 0.920. The first kappa shape index (κ1) is 27.9. The predicted molar refractivity (Wildman–Crippen MR) is 125 cm³/mol. The van der Waals surface area contributed by atoms with E-state index in [-0.39, 0.29) is 5.91 Å². The van der Waals surface area contributed by atoms with E-state index in [0.29, 0.717) is 38.5 Å². The van der Waals surface area contributed by atoms with Crippen LogP contribution in [0.4, 0.5) is 0 Å². The highest BCUT2D eigenvalue weighted by Gasteiger charge is 2.63. The third-order valence-corrected chi connectivity index (χ3v) is 7.53. The van der Waals surface area contributed by atoms with Crippen LogP contribution in [0.5, 0.6) is 0 Å². The molecule has 0 heterocycles. The van der Waals surface area contributed by atoms with E-state index in [2.05, 4.69) is 0 Å². The summed E-state index contributed by atoms with van der Waals surface area (Å²) in [4.78, 5) is 28.3. The zero-order valence-corrected chi connectivity index (χ0v) is 21.6. The van der Waals surface area contributed by atoms with Crippen molar-refractivity contribution >= 4 is 11.8 Å². The fourth-order valence-corrected chi connectivity index (χ4v) is 5.56. The van der Waals surface area contributed by atoms with Gasteiger partial charge in [0.25, 0.3) is 0 Å². The summed E-state index contributed by atoms with van der Waals surface area (Å²) in [7, 11) is 0. The first-order valence-electron chi connectivity index (χ1n) is 12.0. The molecule has 0 aromatic heterocycles. The van der Waals surface area contributed by atoms with Crippen LogP contribution < -0.4 is 5.73 Å². The number of nitrogens with two attached hydrogens (primary N) is 1. The smallest absolute Gasteiger partial charge is 0.238 e. The van der Waals surface area contributed by atoms with Crippen molar-refractivity contribution in [3.05, 3.63) is 0 Å². The van der Waals surface area contributed by atoms with E-state index in [1.54, 1.807) is 4.90 Å². The van der Waals surface area contributed by atoms with E-state index in [1.165, 1.54) is 0 Å². The first-order valence-corrected chi connectivity index (χ1v) is 12.0. The summed E-state index contributed by atoms with van der Waals surface area (Å²) in [6.45, 7) is 19.7. The summed E-state index contributed by atoms with van der Waals surface area (Å²) >= 11 is 0. The van der Waals surface area contributed by atoms with E-state index in [9.17, 15) is 19.8 Å². The lowest BCUT2D eigenvalue weighted by molar-refractivity contribution is -0.189. The zero-order valence-electron chi connectivity index (χ0n) is 21.6. The molecule has 1 aliphatic carbocycles. The molecule has 1 fully saturated rings. The summed E-state index contributed by atoms with van der Waals surface area (Å²) in [5.74, 6) is -0.962. The van der Waals surface area contributed by atoms with Gasteiger partial charge in [-0.15, -0.1) is 0 Å². The second-order valence-corrected chi connectivity index (χ2v) is 11.8. The number of rotatable bonds is 10. The lowest BCUT2D eigenvalue weighted by Crippen LogP contribution is -2.71. The molecule has 2 atom stereocenters. The molecule has 0 bridgehead atoms. The van der Waals surface area contributed by atoms with Crippen molar-refractivity contribution in [3.63, 3.8) is 0 Å². The molecule has 6 heteroatoms. The van der Waals surface area contributed by atoms with Gasteiger partial charge < -0.3 is 20.8 Å². The first-order chi connectivity index (χ1) is 13.9. The van der Waals surface area contributed by atoms with Crippen LogP contribution in [0.2, 0.25) is 0 Å². The molecule has 1 rings (SSSR count). The molecule has 1 saturated carbocycles. The number of aliphatic hydroxyl groups is 2. The van der Waals surface area contributed by atoms with Crippen LogP contribution in [-0.2, 0) is 9.59 Å². The number of hydrogen-bond acceptors (Lipinski definition) is 4. The maximum absolute atomic E-state index is 14.2. The Hall–Kier alpha value is -1.14. The third-order valence-electron chi connectivity index (χ3n) is 7.53. The number of hydrogen-bond donors (Lipinski definition) is 3. The zero-order chi connectivity index (χ0) is 24.6. The predicted octanol–water partition coefficient (Wildman–Crippen LogP) is 4.01. The Morgan fingerprint density at radius 3 is 1.26 bits per heavy atom. The SMILES string of the molecule is CCC(O)(CC)C(N(C(=O)C1(C(N)=O)CC1)C(C(C)(C)C)C(O)(CC)CC)C(C)(C)C. The molecular formula is C25H48N2O4. The molecule has 0 saturated heterocycles. The molecule has 0 spiro atoms. The molecule has 31 heavy (non-hydrogen) atoms. The number of amides is 2. The van der Waals surface area contributed by atoms with E-state index in [0.717, 1.165) is 0 Å². The number of carbonyl (C=O) groups is 2. The maximum atomic E-state index is 14.2. The molecule has 0 radical (unpaired) electrons. The fourth-order valence-electron chi connectivity index (χ4n) is 5.56. The Labute approximate surface area is 190 Å². The van der Waals surface area contributed by atoms with Crippen LogP contribution in [0, 0.1) is 16.2 Å².